The van der Waals surface area contributed by atoms with E-state index in [1.165, 1.54) is 0 Å². The van der Waals surface area contributed by atoms with Crippen molar-refractivity contribution in [3.8, 4) is 0 Å². The number of hydrogen-bond acceptors (Lipinski definition) is 4. The van der Waals surface area contributed by atoms with Gasteiger partial charge in [-0.15, -0.1) is 0 Å². The van der Waals surface area contributed by atoms with Crippen LogP contribution in [-0.2, 0) is 9.13 Å². The van der Waals surface area contributed by atoms with Gasteiger partial charge >= 0.3 is 23.1 Å². The van der Waals surface area contributed by atoms with E-state index < -0.39 is 16.1 Å². The smallest absolute Gasteiger partial charge is 0.798 e. The van der Waals surface area contributed by atoms with Crippen molar-refractivity contribution in [3.63, 3.8) is 0 Å². The van der Waals surface area contributed by atoms with Crippen LogP contribution in [0.15, 0.2) is 48.5 Å². The van der Waals surface area contributed by atoms with E-state index in [4.69, 9.17) is 0 Å². The minimum Gasteiger partial charge on any atom is -0.798 e. The third-order valence-corrected chi connectivity index (χ3v) is 4.73. The number of benzene rings is 2. The predicted molar refractivity (Wildman–Crippen MR) is 85.4 cm³/mol. The van der Waals surface area contributed by atoms with Gasteiger partial charge in [-0.05, 0) is 35.6 Å². The molecule has 0 bridgehead atoms. The fourth-order valence-electron chi connectivity index (χ4n) is 1.60. The van der Waals surface area contributed by atoms with Crippen molar-refractivity contribution >= 4 is 49.7 Å². The van der Waals surface area contributed by atoms with Gasteiger partial charge in [-0.25, -0.2) is 0 Å². The quantitative estimate of drug-likeness (QED) is 0.593. The third-order valence-electron chi connectivity index (χ3n) is 2.73. The average Bonchev–Trinajstić information content (AvgIpc) is 2.40. The fourth-order valence-corrected chi connectivity index (χ4v) is 2.88. The van der Waals surface area contributed by atoms with Crippen LogP contribution in [0.2, 0.25) is 0 Å². The van der Waals surface area contributed by atoms with Gasteiger partial charge < -0.3 is 18.9 Å². The topological polar surface area (TPSA) is 80.3 Å². The summed E-state index contributed by atoms with van der Waals surface area (Å²) in [4.78, 5) is 21.0. The molecule has 0 aliphatic rings. The first-order chi connectivity index (χ1) is 9.43. The molecule has 0 spiro atoms. The van der Waals surface area contributed by atoms with Gasteiger partial charge in [-0.1, -0.05) is 48.5 Å². The van der Waals surface area contributed by atoms with Crippen molar-refractivity contribution < 1.29 is 18.9 Å². The molecule has 2 aromatic rings. The summed E-state index contributed by atoms with van der Waals surface area (Å²) in [7, 11) is -5.48. The molecule has 0 aliphatic carbocycles. The Morgan fingerprint density at radius 1 is 0.714 bits per heavy atom. The molecule has 7 heteroatoms. The van der Waals surface area contributed by atoms with Gasteiger partial charge in [0.05, 0.1) is 0 Å². The summed E-state index contributed by atoms with van der Waals surface area (Å²) < 4.78 is 21.0. The van der Waals surface area contributed by atoms with Gasteiger partial charge in [0.1, 0.15) is 0 Å². The molecule has 0 aromatic heterocycles. The SMILES string of the molecule is Cc1ccccc1[PH](=O)[O-].Cc1ccccc1[PH](=O)[O-].[Mg+2]. The molecule has 0 fully saturated rings. The van der Waals surface area contributed by atoms with Crippen molar-refractivity contribution in [2.24, 2.45) is 0 Å². The number of rotatable bonds is 2. The maximum Gasteiger partial charge on any atom is 2.00 e. The van der Waals surface area contributed by atoms with E-state index in [0.29, 0.717) is 10.6 Å². The monoisotopic (exact) mass is 334 g/mol. The van der Waals surface area contributed by atoms with Gasteiger partial charge in [0.25, 0.3) is 0 Å². The second-order valence-corrected chi connectivity index (χ2v) is 6.43. The van der Waals surface area contributed by atoms with Crippen LogP contribution in [0.1, 0.15) is 11.1 Å². The molecule has 0 saturated heterocycles. The van der Waals surface area contributed by atoms with Crippen LogP contribution in [-0.4, -0.2) is 23.1 Å². The Kier molecular flexibility index (Phi) is 10.1. The molecule has 4 nitrogen and oxygen atoms in total. The Balaban J connectivity index is 0.000000364. The predicted octanol–water partition coefficient (Wildman–Crippen LogP) is 0.530. The van der Waals surface area contributed by atoms with Gasteiger partial charge in [-0.2, -0.15) is 0 Å². The average molecular weight is 335 g/mol. The van der Waals surface area contributed by atoms with Crippen LogP contribution in [0.3, 0.4) is 0 Å². The Bertz CT molecular complexity index is 576. The first kappa shape index (κ1) is 20.6. The van der Waals surface area contributed by atoms with E-state index in [2.05, 4.69) is 0 Å². The third kappa shape index (κ3) is 6.92. The molecule has 0 amide bonds. The van der Waals surface area contributed by atoms with Crippen molar-refractivity contribution in [2.75, 3.05) is 0 Å². The molecule has 0 N–H and O–H groups in total. The van der Waals surface area contributed by atoms with E-state index in [0.717, 1.165) is 11.1 Å². The molecule has 21 heavy (non-hydrogen) atoms. The van der Waals surface area contributed by atoms with E-state index in [9.17, 15) is 18.9 Å². The Labute approximate surface area is 142 Å². The van der Waals surface area contributed by atoms with Crippen molar-refractivity contribution in [1.82, 2.24) is 0 Å². The summed E-state index contributed by atoms with van der Waals surface area (Å²) in [6.45, 7) is 3.58. The van der Waals surface area contributed by atoms with Crippen LogP contribution >= 0.6 is 16.1 Å². The molecule has 2 rings (SSSR count). The first-order valence-electron chi connectivity index (χ1n) is 5.97. The molecule has 2 atom stereocenters. The zero-order valence-electron chi connectivity index (χ0n) is 12.0. The molecule has 2 aromatic carbocycles. The molecular weight excluding hydrogens is 318 g/mol. The maximum atomic E-state index is 10.5. The van der Waals surface area contributed by atoms with Crippen molar-refractivity contribution in [1.29, 1.82) is 0 Å². The van der Waals surface area contributed by atoms with Crippen LogP contribution < -0.4 is 20.4 Å². The van der Waals surface area contributed by atoms with Gasteiger partial charge in [0, 0.05) is 16.1 Å². The minimum absolute atomic E-state index is 0. The summed E-state index contributed by atoms with van der Waals surface area (Å²) in [5, 5.41) is 0.903. The van der Waals surface area contributed by atoms with Gasteiger partial charge in [-0.3, -0.25) is 0 Å². The molecule has 0 radical (unpaired) electrons. The van der Waals surface area contributed by atoms with Crippen molar-refractivity contribution in [2.45, 2.75) is 13.8 Å². The molecule has 108 valence electrons. The van der Waals surface area contributed by atoms with Crippen LogP contribution in [0, 0.1) is 13.8 Å². The molecule has 0 heterocycles. The van der Waals surface area contributed by atoms with Crippen molar-refractivity contribution in [3.05, 3.63) is 59.7 Å². The second kappa shape index (κ2) is 10.3. The molecule has 0 aliphatic heterocycles. The van der Waals surface area contributed by atoms with Crippen LogP contribution in [0.4, 0.5) is 0 Å². The summed E-state index contributed by atoms with van der Waals surface area (Å²) in [6.07, 6.45) is 0. The zero-order valence-corrected chi connectivity index (χ0v) is 15.4. The summed E-state index contributed by atoms with van der Waals surface area (Å²) in [6, 6.07) is 13.9. The maximum absolute atomic E-state index is 10.5. The summed E-state index contributed by atoms with van der Waals surface area (Å²) in [5.41, 5.74) is 1.64. The van der Waals surface area contributed by atoms with E-state index >= 15 is 0 Å². The van der Waals surface area contributed by atoms with E-state index in [-0.39, 0.29) is 23.1 Å². The van der Waals surface area contributed by atoms with Crippen LogP contribution in [0.25, 0.3) is 0 Å². The normalized spacial score (nSPS) is 12.4. The number of aryl methyl sites for hydroxylation is 2. The molecular formula is C14H16MgO4P2. The largest absolute Gasteiger partial charge is 2.00 e. The van der Waals surface area contributed by atoms with Crippen LogP contribution in [0.5, 0.6) is 0 Å². The molecule has 2 unspecified atom stereocenters. The van der Waals surface area contributed by atoms with E-state index in [1.807, 2.05) is 12.1 Å². The summed E-state index contributed by atoms with van der Waals surface area (Å²) in [5.74, 6) is 0. The summed E-state index contributed by atoms with van der Waals surface area (Å²) >= 11 is 0. The van der Waals surface area contributed by atoms with E-state index in [1.54, 1.807) is 50.2 Å². The Morgan fingerprint density at radius 2 is 1.00 bits per heavy atom. The first-order valence-corrected chi connectivity index (χ1v) is 8.60. The van der Waals surface area contributed by atoms with Gasteiger partial charge in [0.15, 0.2) is 0 Å². The zero-order chi connectivity index (χ0) is 15.1. The Hall–Kier alpha value is -0.414. The molecule has 0 saturated carbocycles. The standard InChI is InChI=1S/2C7H9O2P.Mg/c2*1-6-4-2-3-5-7(6)10(8)9;/h2*2-5,10H,1H3,(H,8,9);/q;;+2/p-2. The number of hydrogen-bond donors (Lipinski definition) is 0. The van der Waals surface area contributed by atoms with Gasteiger partial charge in [0.2, 0.25) is 0 Å². The Morgan fingerprint density at radius 3 is 1.19 bits per heavy atom. The second-order valence-electron chi connectivity index (χ2n) is 4.20. The minimum atomic E-state index is -2.74. The fraction of sp³-hybridized carbons (Fsp3) is 0.143.